The second-order valence-electron chi connectivity index (χ2n) is 4.73. The number of nitrogens with one attached hydrogen (secondary N) is 1. The number of anilines is 2. The maximum Gasteiger partial charge on any atom is 0.197 e. The summed E-state index contributed by atoms with van der Waals surface area (Å²) in [6.07, 6.45) is 0. The van der Waals surface area contributed by atoms with Crippen molar-refractivity contribution in [2.45, 2.75) is 6.92 Å². The number of likely N-dealkylation sites (N-methyl/N-ethyl adjacent to an activating group) is 1. The van der Waals surface area contributed by atoms with E-state index in [4.69, 9.17) is 10.5 Å². The van der Waals surface area contributed by atoms with Crippen LogP contribution in [0.5, 0.6) is 5.75 Å². The van der Waals surface area contributed by atoms with Gasteiger partial charge in [0.1, 0.15) is 0 Å². The lowest BCUT2D eigenvalue weighted by molar-refractivity contribution is 0.158. The number of ether oxygens (including phenoxy) is 1. The highest BCUT2D eigenvalue weighted by molar-refractivity contribution is 7.11. The lowest BCUT2D eigenvalue weighted by Crippen LogP contribution is -2.45. The fraction of sp³-hybridized carbons (Fsp3) is 0.750. The normalized spacial score (nSPS) is 17.6. The van der Waals surface area contributed by atoms with Crippen LogP contribution in [-0.4, -0.2) is 67.1 Å². The summed E-state index contributed by atoms with van der Waals surface area (Å²) in [6.45, 7) is 9.07. The largest absolute Gasteiger partial charge is 0.487 e. The van der Waals surface area contributed by atoms with Crippen molar-refractivity contribution < 1.29 is 4.74 Å². The minimum Gasteiger partial charge on any atom is -0.487 e. The van der Waals surface area contributed by atoms with Crippen LogP contribution in [0.3, 0.4) is 0 Å². The Morgan fingerprint density at radius 3 is 2.79 bits per heavy atom. The Kier molecular flexibility index (Phi) is 5.24. The predicted octanol–water partition coefficient (Wildman–Crippen LogP) is 0.783. The van der Waals surface area contributed by atoms with Crippen molar-refractivity contribution in [1.29, 1.82) is 0 Å². The summed E-state index contributed by atoms with van der Waals surface area (Å²) in [6, 6.07) is 0. The molecule has 1 saturated heterocycles. The molecule has 2 heterocycles. The van der Waals surface area contributed by atoms with Crippen LogP contribution in [0.4, 0.5) is 10.8 Å². The minimum atomic E-state index is 0.481. The van der Waals surface area contributed by atoms with Gasteiger partial charge in [-0.1, -0.05) is 0 Å². The minimum absolute atomic E-state index is 0.481. The summed E-state index contributed by atoms with van der Waals surface area (Å²) in [5.74, 6) is 1.18. The number of piperazine rings is 1. The van der Waals surface area contributed by atoms with Crippen molar-refractivity contribution >= 4 is 22.4 Å². The Morgan fingerprint density at radius 1 is 1.37 bits per heavy atom. The van der Waals surface area contributed by atoms with Gasteiger partial charge in [-0.05, 0) is 25.5 Å². The van der Waals surface area contributed by atoms with E-state index in [1.165, 1.54) is 11.5 Å². The fourth-order valence-corrected chi connectivity index (χ4v) is 2.78. The van der Waals surface area contributed by atoms with Gasteiger partial charge in [-0.15, -0.1) is 0 Å². The van der Waals surface area contributed by atoms with E-state index >= 15 is 0 Å². The molecule has 1 aliphatic rings. The second kappa shape index (κ2) is 6.93. The summed E-state index contributed by atoms with van der Waals surface area (Å²) in [5, 5.41) is 4.31. The van der Waals surface area contributed by atoms with Gasteiger partial charge in [0.25, 0.3) is 0 Å². The molecule has 0 amide bonds. The third-order valence-corrected chi connectivity index (χ3v) is 4.07. The lowest BCUT2D eigenvalue weighted by atomic mass is 10.3. The first-order valence-electron chi connectivity index (χ1n) is 6.73. The van der Waals surface area contributed by atoms with Crippen molar-refractivity contribution in [1.82, 2.24) is 14.2 Å². The average Bonchev–Trinajstić information content (AvgIpc) is 2.74. The highest BCUT2D eigenvalue weighted by atomic mass is 32.1. The van der Waals surface area contributed by atoms with Crippen molar-refractivity contribution in [3.8, 4) is 5.75 Å². The number of hydrogen-bond donors (Lipinski definition) is 2. The van der Waals surface area contributed by atoms with Crippen LogP contribution < -0.4 is 15.8 Å². The fourth-order valence-electron chi connectivity index (χ4n) is 2.09. The average molecular weight is 285 g/mol. The van der Waals surface area contributed by atoms with Gasteiger partial charge in [-0.3, -0.25) is 4.90 Å². The summed E-state index contributed by atoms with van der Waals surface area (Å²) >= 11 is 1.37. The Labute approximate surface area is 118 Å². The second-order valence-corrected chi connectivity index (χ2v) is 5.50. The van der Waals surface area contributed by atoms with Crippen LogP contribution in [0.15, 0.2) is 0 Å². The maximum absolute atomic E-state index is 5.78. The van der Waals surface area contributed by atoms with Gasteiger partial charge in [0.05, 0.1) is 6.61 Å². The van der Waals surface area contributed by atoms with E-state index < -0.39 is 0 Å². The topological polar surface area (TPSA) is 66.7 Å². The van der Waals surface area contributed by atoms with Crippen molar-refractivity contribution in [2.24, 2.45) is 0 Å². The van der Waals surface area contributed by atoms with E-state index in [1.54, 1.807) is 0 Å². The molecular weight excluding hydrogens is 262 g/mol. The number of nitrogen functional groups attached to an aromatic ring is 1. The third kappa shape index (κ3) is 3.95. The van der Waals surface area contributed by atoms with Gasteiger partial charge in [0.15, 0.2) is 16.6 Å². The van der Waals surface area contributed by atoms with E-state index in [-0.39, 0.29) is 0 Å². The highest BCUT2D eigenvalue weighted by Crippen LogP contribution is 2.34. The van der Waals surface area contributed by atoms with Gasteiger partial charge >= 0.3 is 0 Å². The number of nitrogens with two attached hydrogens (primary N) is 1. The van der Waals surface area contributed by atoms with E-state index in [9.17, 15) is 0 Å². The molecule has 0 saturated carbocycles. The van der Waals surface area contributed by atoms with Crippen LogP contribution in [0.2, 0.25) is 0 Å². The molecule has 0 aliphatic carbocycles. The van der Waals surface area contributed by atoms with E-state index in [0.717, 1.165) is 44.3 Å². The first kappa shape index (κ1) is 14.4. The summed E-state index contributed by atoms with van der Waals surface area (Å²) in [7, 11) is 2.17. The molecule has 1 aliphatic heterocycles. The number of nitrogens with zero attached hydrogens (tertiary/aromatic N) is 3. The quantitative estimate of drug-likeness (QED) is 0.805. The molecule has 6 nitrogen and oxygen atoms in total. The molecule has 0 bridgehead atoms. The number of hydrogen-bond acceptors (Lipinski definition) is 7. The molecule has 19 heavy (non-hydrogen) atoms. The summed E-state index contributed by atoms with van der Waals surface area (Å²) < 4.78 is 9.63. The third-order valence-electron chi connectivity index (χ3n) is 3.27. The SMILES string of the molecule is CCOc1c(N)nsc1NCCN1CCN(C)CC1. The molecule has 0 spiro atoms. The van der Waals surface area contributed by atoms with Crippen LogP contribution in [0, 0.1) is 0 Å². The highest BCUT2D eigenvalue weighted by Gasteiger charge is 2.15. The van der Waals surface area contributed by atoms with Crippen LogP contribution in [0.25, 0.3) is 0 Å². The van der Waals surface area contributed by atoms with Gasteiger partial charge in [0, 0.05) is 39.3 Å². The van der Waals surface area contributed by atoms with Gasteiger partial charge in [0.2, 0.25) is 0 Å². The molecule has 2 rings (SSSR count). The molecular formula is C12H23N5OS. The Morgan fingerprint density at radius 2 is 2.11 bits per heavy atom. The van der Waals surface area contributed by atoms with E-state index in [1.807, 2.05) is 6.92 Å². The molecule has 108 valence electrons. The zero-order valence-corrected chi connectivity index (χ0v) is 12.5. The molecule has 0 unspecified atom stereocenters. The molecule has 1 aromatic rings. The number of rotatable bonds is 6. The van der Waals surface area contributed by atoms with Gasteiger partial charge in [-0.25, -0.2) is 0 Å². The molecule has 1 aromatic heterocycles. The first-order chi connectivity index (χ1) is 9.20. The smallest absolute Gasteiger partial charge is 0.197 e. The number of aromatic nitrogens is 1. The van der Waals surface area contributed by atoms with E-state index in [0.29, 0.717) is 18.2 Å². The maximum atomic E-state index is 5.78. The van der Waals surface area contributed by atoms with Crippen LogP contribution >= 0.6 is 11.5 Å². The van der Waals surface area contributed by atoms with Crippen LogP contribution in [0.1, 0.15) is 6.92 Å². The Bertz CT molecular complexity index is 389. The lowest BCUT2D eigenvalue weighted by Gasteiger charge is -2.32. The van der Waals surface area contributed by atoms with Crippen molar-refractivity contribution in [3.63, 3.8) is 0 Å². The van der Waals surface area contributed by atoms with Crippen molar-refractivity contribution in [2.75, 3.05) is 64.0 Å². The molecule has 0 aromatic carbocycles. The monoisotopic (exact) mass is 285 g/mol. The Balaban J connectivity index is 1.76. The molecule has 1 fully saturated rings. The molecule has 3 N–H and O–H groups in total. The molecule has 0 atom stereocenters. The molecule has 7 heteroatoms. The first-order valence-corrected chi connectivity index (χ1v) is 7.50. The van der Waals surface area contributed by atoms with Crippen LogP contribution in [-0.2, 0) is 0 Å². The van der Waals surface area contributed by atoms with Gasteiger partial charge in [-0.2, -0.15) is 4.37 Å². The zero-order valence-electron chi connectivity index (χ0n) is 11.7. The predicted molar refractivity (Wildman–Crippen MR) is 80.1 cm³/mol. The standard InChI is InChI=1S/C12H23N5OS/c1-3-18-10-11(13)15-19-12(10)14-4-5-17-8-6-16(2)7-9-17/h14H,3-9H2,1-2H3,(H2,13,15). The summed E-state index contributed by atoms with van der Waals surface area (Å²) in [4.78, 5) is 4.83. The van der Waals surface area contributed by atoms with Crippen molar-refractivity contribution in [3.05, 3.63) is 0 Å². The summed E-state index contributed by atoms with van der Waals surface area (Å²) in [5.41, 5.74) is 5.78. The Hall–Kier alpha value is -1.05. The zero-order chi connectivity index (χ0) is 13.7. The van der Waals surface area contributed by atoms with Gasteiger partial charge < -0.3 is 20.7 Å². The molecule has 0 radical (unpaired) electrons. The van der Waals surface area contributed by atoms with E-state index in [2.05, 4.69) is 26.5 Å².